The smallest absolute Gasteiger partial charge is 0.411 e. The molecule has 6 heteroatoms. The monoisotopic (exact) mass is 329 g/mol. The molecular formula is C18H23N3O3. The summed E-state index contributed by atoms with van der Waals surface area (Å²) in [4.78, 5) is 23.3. The third-order valence-corrected chi connectivity index (χ3v) is 4.50. The molecule has 1 aromatic carbocycles. The average molecular weight is 329 g/mol. The molecular weight excluding hydrogens is 306 g/mol. The van der Waals surface area contributed by atoms with Crippen molar-refractivity contribution >= 4 is 23.4 Å². The van der Waals surface area contributed by atoms with Crippen LogP contribution in [0.15, 0.2) is 29.4 Å². The van der Waals surface area contributed by atoms with E-state index in [4.69, 9.17) is 4.74 Å². The maximum Gasteiger partial charge on any atom is 0.411 e. The van der Waals surface area contributed by atoms with Gasteiger partial charge in [0.15, 0.2) is 0 Å². The highest BCUT2D eigenvalue weighted by Gasteiger charge is 2.32. The van der Waals surface area contributed by atoms with E-state index in [1.807, 2.05) is 38.1 Å². The normalized spacial score (nSPS) is 21.5. The summed E-state index contributed by atoms with van der Waals surface area (Å²) >= 11 is 0. The van der Waals surface area contributed by atoms with Crippen molar-refractivity contribution in [2.45, 2.75) is 45.6 Å². The topological polar surface area (TPSA) is 79.8 Å². The third kappa shape index (κ3) is 3.93. The Labute approximate surface area is 141 Å². The molecule has 2 unspecified atom stereocenters. The molecule has 6 nitrogen and oxygen atoms in total. The van der Waals surface area contributed by atoms with Gasteiger partial charge in [-0.15, -0.1) is 0 Å². The molecule has 1 fully saturated rings. The Balaban J connectivity index is 1.60. The molecule has 24 heavy (non-hydrogen) atoms. The van der Waals surface area contributed by atoms with Gasteiger partial charge in [-0.25, -0.2) is 10.2 Å². The van der Waals surface area contributed by atoms with E-state index in [0.29, 0.717) is 18.0 Å². The van der Waals surface area contributed by atoms with E-state index in [0.717, 1.165) is 30.5 Å². The first kappa shape index (κ1) is 16.5. The van der Waals surface area contributed by atoms with Crippen LogP contribution in [0, 0.1) is 11.8 Å². The van der Waals surface area contributed by atoms with Crippen LogP contribution < -0.4 is 10.7 Å². The Morgan fingerprint density at radius 3 is 2.67 bits per heavy atom. The number of nitrogens with zero attached hydrogens (tertiary/aromatic N) is 1. The summed E-state index contributed by atoms with van der Waals surface area (Å²) in [5.74, 6) is 0.545. The van der Waals surface area contributed by atoms with E-state index in [1.165, 1.54) is 0 Å². The summed E-state index contributed by atoms with van der Waals surface area (Å²) < 4.78 is 5.48. The van der Waals surface area contributed by atoms with Gasteiger partial charge in [0.2, 0.25) is 5.91 Å². The van der Waals surface area contributed by atoms with Gasteiger partial charge < -0.3 is 4.74 Å². The van der Waals surface area contributed by atoms with Gasteiger partial charge in [-0.3, -0.25) is 10.1 Å². The van der Waals surface area contributed by atoms with Crippen LogP contribution in [-0.4, -0.2) is 23.8 Å². The first-order valence-corrected chi connectivity index (χ1v) is 8.51. The van der Waals surface area contributed by atoms with Crippen LogP contribution in [0.25, 0.3) is 0 Å². The first-order chi connectivity index (χ1) is 11.6. The Morgan fingerprint density at radius 1 is 1.38 bits per heavy atom. The molecule has 2 N–H and O–H groups in total. The van der Waals surface area contributed by atoms with Crippen molar-refractivity contribution in [3.05, 3.63) is 29.8 Å². The van der Waals surface area contributed by atoms with Gasteiger partial charge in [0.25, 0.3) is 0 Å². The number of hydrazone groups is 1. The third-order valence-electron chi connectivity index (χ3n) is 4.50. The standard InChI is InChI=1S/C18H23N3O3/c1-3-15(12-4-5-12)24-18(23)19-14-8-6-13(7-9-14)17-11(2)10-16(22)20-21-17/h6-9,11-12,15H,3-5,10H2,1-2H3,(H,19,23)(H,20,22). The Bertz CT molecular complexity index is 650. The Hall–Kier alpha value is -2.37. The Morgan fingerprint density at radius 2 is 2.08 bits per heavy atom. The highest BCUT2D eigenvalue weighted by atomic mass is 16.6. The second-order valence-electron chi connectivity index (χ2n) is 6.53. The number of benzene rings is 1. The molecule has 128 valence electrons. The SMILES string of the molecule is CCC(OC(=O)Nc1ccc(C2=NNC(=O)CC2C)cc1)C1CC1. The summed E-state index contributed by atoms with van der Waals surface area (Å²) in [6.45, 7) is 4.01. The van der Waals surface area contributed by atoms with Gasteiger partial charge in [-0.05, 0) is 42.9 Å². The van der Waals surface area contributed by atoms with Crippen LogP contribution >= 0.6 is 0 Å². The molecule has 2 amide bonds. The fourth-order valence-electron chi connectivity index (χ4n) is 2.99. The van der Waals surface area contributed by atoms with Crippen LogP contribution in [0.5, 0.6) is 0 Å². The molecule has 1 heterocycles. The molecule has 3 rings (SSSR count). The molecule has 1 aromatic rings. The molecule has 0 aromatic heterocycles. The van der Waals surface area contributed by atoms with E-state index in [-0.39, 0.29) is 17.9 Å². The van der Waals surface area contributed by atoms with Gasteiger partial charge in [0.05, 0.1) is 5.71 Å². The van der Waals surface area contributed by atoms with Crippen LogP contribution in [0.4, 0.5) is 10.5 Å². The summed E-state index contributed by atoms with van der Waals surface area (Å²) in [5, 5.41) is 6.90. The lowest BCUT2D eigenvalue weighted by Crippen LogP contribution is -2.31. The van der Waals surface area contributed by atoms with Gasteiger partial charge in [0.1, 0.15) is 6.10 Å². The maximum atomic E-state index is 12.0. The number of ether oxygens (including phenoxy) is 1. The largest absolute Gasteiger partial charge is 0.446 e. The zero-order chi connectivity index (χ0) is 17.1. The number of anilines is 1. The minimum absolute atomic E-state index is 0.0188. The number of nitrogens with one attached hydrogen (secondary N) is 2. The molecule has 1 saturated carbocycles. The second-order valence-corrected chi connectivity index (χ2v) is 6.53. The van der Waals surface area contributed by atoms with Crippen LogP contribution in [0.2, 0.25) is 0 Å². The van der Waals surface area contributed by atoms with E-state index in [9.17, 15) is 9.59 Å². The summed E-state index contributed by atoms with van der Waals surface area (Å²) in [6.07, 6.45) is 3.20. The van der Waals surface area contributed by atoms with Crippen molar-refractivity contribution in [1.82, 2.24) is 5.43 Å². The fourth-order valence-corrected chi connectivity index (χ4v) is 2.99. The predicted octanol–water partition coefficient (Wildman–Crippen LogP) is 3.28. The lowest BCUT2D eigenvalue weighted by Gasteiger charge is -2.19. The molecule has 2 aliphatic rings. The van der Waals surface area contributed by atoms with Crippen LogP contribution in [0.3, 0.4) is 0 Å². The fraction of sp³-hybridized carbons (Fsp3) is 0.500. The number of hydrogen-bond donors (Lipinski definition) is 2. The quantitative estimate of drug-likeness (QED) is 0.870. The van der Waals surface area contributed by atoms with Gasteiger partial charge in [-0.1, -0.05) is 26.0 Å². The van der Waals surface area contributed by atoms with E-state index in [2.05, 4.69) is 15.8 Å². The molecule has 1 aliphatic heterocycles. The first-order valence-electron chi connectivity index (χ1n) is 8.51. The second kappa shape index (κ2) is 7.03. The number of amides is 2. The number of hydrogen-bond acceptors (Lipinski definition) is 4. The number of carbonyl (C=O) groups is 2. The summed E-state index contributed by atoms with van der Waals surface area (Å²) in [5.41, 5.74) is 4.98. The van der Waals surface area contributed by atoms with Crippen LogP contribution in [-0.2, 0) is 9.53 Å². The van der Waals surface area contributed by atoms with Crippen molar-refractivity contribution in [2.75, 3.05) is 5.32 Å². The van der Waals surface area contributed by atoms with E-state index >= 15 is 0 Å². The molecule has 2 atom stereocenters. The van der Waals surface area contributed by atoms with Crippen molar-refractivity contribution in [2.24, 2.45) is 16.9 Å². The Kier molecular flexibility index (Phi) is 4.83. The zero-order valence-electron chi connectivity index (χ0n) is 14.0. The highest BCUT2D eigenvalue weighted by Crippen LogP contribution is 2.35. The lowest BCUT2D eigenvalue weighted by atomic mass is 9.94. The maximum absolute atomic E-state index is 12.0. The van der Waals surface area contributed by atoms with Gasteiger partial charge in [-0.2, -0.15) is 5.10 Å². The van der Waals surface area contributed by atoms with E-state index in [1.54, 1.807) is 0 Å². The van der Waals surface area contributed by atoms with Crippen molar-refractivity contribution in [3.63, 3.8) is 0 Å². The van der Waals surface area contributed by atoms with E-state index < -0.39 is 6.09 Å². The molecule has 1 aliphatic carbocycles. The zero-order valence-corrected chi connectivity index (χ0v) is 14.0. The van der Waals surface area contributed by atoms with Crippen molar-refractivity contribution < 1.29 is 14.3 Å². The van der Waals surface area contributed by atoms with Crippen LogP contribution in [0.1, 0.15) is 45.1 Å². The summed E-state index contributed by atoms with van der Waals surface area (Å²) in [7, 11) is 0. The lowest BCUT2D eigenvalue weighted by molar-refractivity contribution is -0.121. The van der Waals surface area contributed by atoms with Crippen molar-refractivity contribution in [1.29, 1.82) is 0 Å². The van der Waals surface area contributed by atoms with Gasteiger partial charge in [0, 0.05) is 18.0 Å². The minimum Gasteiger partial charge on any atom is -0.446 e. The van der Waals surface area contributed by atoms with Crippen molar-refractivity contribution in [3.8, 4) is 0 Å². The molecule has 0 bridgehead atoms. The summed E-state index contributed by atoms with van der Waals surface area (Å²) in [6, 6.07) is 7.42. The highest BCUT2D eigenvalue weighted by molar-refractivity contribution is 6.06. The number of carbonyl (C=O) groups excluding carboxylic acids is 2. The minimum atomic E-state index is -0.405. The predicted molar refractivity (Wildman–Crippen MR) is 91.8 cm³/mol. The van der Waals surface area contributed by atoms with Gasteiger partial charge >= 0.3 is 6.09 Å². The molecule has 0 spiro atoms. The molecule has 0 radical (unpaired) electrons. The average Bonchev–Trinajstić information content (AvgIpc) is 3.38. The number of rotatable bonds is 5. The molecule has 0 saturated heterocycles.